The van der Waals surface area contributed by atoms with E-state index in [0.717, 1.165) is 78.3 Å². The predicted octanol–water partition coefficient (Wildman–Crippen LogP) is 5.27. The third-order valence-electron chi connectivity index (χ3n) is 6.07. The average Bonchev–Trinajstić information content (AvgIpc) is 3.26. The quantitative estimate of drug-likeness (QED) is 0.272. The Morgan fingerprint density at radius 2 is 1.87 bits per heavy atom. The van der Waals surface area contributed by atoms with E-state index in [0.29, 0.717) is 13.4 Å². The van der Waals surface area contributed by atoms with Crippen molar-refractivity contribution in [1.82, 2.24) is 0 Å². The Morgan fingerprint density at radius 1 is 1.03 bits per heavy atom. The van der Waals surface area contributed by atoms with E-state index >= 15 is 0 Å². The minimum Gasteiger partial charge on any atom is -0.493 e. The summed E-state index contributed by atoms with van der Waals surface area (Å²) in [5.41, 5.74) is 3.68. The van der Waals surface area contributed by atoms with Crippen LogP contribution in [0.2, 0.25) is 0 Å². The van der Waals surface area contributed by atoms with Crippen LogP contribution in [0.3, 0.4) is 0 Å². The summed E-state index contributed by atoms with van der Waals surface area (Å²) in [6.07, 6.45) is 7.48. The first-order chi connectivity index (χ1) is 15.3. The van der Waals surface area contributed by atoms with Gasteiger partial charge in [0.2, 0.25) is 12.5 Å². The van der Waals surface area contributed by atoms with E-state index in [1.807, 2.05) is 6.07 Å². The second kappa shape index (κ2) is 8.83. The Labute approximate surface area is 187 Å². The number of hydrogen-bond donors (Lipinski definition) is 0. The van der Waals surface area contributed by atoms with Crippen LogP contribution in [0.25, 0.3) is 22.0 Å². The van der Waals surface area contributed by atoms with Crippen molar-refractivity contribution >= 4 is 22.4 Å². The minimum absolute atomic E-state index is 0.294. The molecule has 2 aromatic carbocycles. The summed E-state index contributed by atoms with van der Waals surface area (Å²) < 4.78 is 25.3. The lowest BCUT2D eigenvalue weighted by atomic mass is 9.95. The maximum absolute atomic E-state index is 6.23. The fourth-order valence-electron chi connectivity index (χ4n) is 4.43. The third-order valence-corrected chi connectivity index (χ3v) is 6.34. The van der Waals surface area contributed by atoms with Gasteiger partial charge in [-0.05, 0) is 48.1 Å². The molecular weight excluding hydrogens is 414 g/mol. The van der Waals surface area contributed by atoms with Crippen LogP contribution < -0.4 is 23.5 Å². The normalized spacial score (nSPS) is 13.7. The fourth-order valence-corrected chi connectivity index (χ4v) is 4.62. The number of rotatable bonds is 8. The van der Waals surface area contributed by atoms with Gasteiger partial charge in [-0.1, -0.05) is 12.8 Å². The number of aryl methyl sites for hydroxylation is 2. The molecule has 0 spiro atoms. The summed E-state index contributed by atoms with van der Waals surface area (Å²) in [6, 6.07) is 10.6. The fraction of sp³-hybridized carbons (Fsp3) is 0.400. The molecule has 0 atom stereocenters. The molecule has 0 fully saturated rings. The maximum atomic E-state index is 6.23. The zero-order valence-electron chi connectivity index (χ0n) is 17.8. The highest BCUT2D eigenvalue weighted by Gasteiger charge is 2.28. The summed E-state index contributed by atoms with van der Waals surface area (Å²) in [6.45, 7) is 1.88. The van der Waals surface area contributed by atoms with E-state index in [4.69, 9.17) is 30.5 Å². The minimum atomic E-state index is 0.294. The highest BCUT2D eigenvalue weighted by molar-refractivity contribution is 6.17. The molecule has 3 aromatic rings. The van der Waals surface area contributed by atoms with Crippen molar-refractivity contribution in [2.45, 2.75) is 38.6 Å². The number of aromatic nitrogens is 1. The molecule has 3 heterocycles. The number of halogens is 1. The van der Waals surface area contributed by atoms with Crippen LogP contribution in [0, 0.1) is 0 Å². The summed E-state index contributed by atoms with van der Waals surface area (Å²) >= 11 is 5.77. The molecule has 1 aromatic heterocycles. The van der Waals surface area contributed by atoms with Gasteiger partial charge in [-0.25, -0.2) is 0 Å². The first kappa shape index (κ1) is 20.3. The second-order valence-corrected chi connectivity index (χ2v) is 8.39. The SMILES string of the molecule is COc1ccc2cc3[n+](cc2c1OCCCCCCCl)CCc1cc2c(cc1-3)OCO2. The predicted molar refractivity (Wildman–Crippen MR) is 121 cm³/mol. The van der Waals surface area contributed by atoms with Gasteiger partial charge in [0.05, 0.1) is 24.7 Å². The van der Waals surface area contributed by atoms with Gasteiger partial charge in [0.15, 0.2) is 35.7 Å². The molecule has 0 amide bonds. The number of unbranched alkanes of at least 4 members (excludes halogenated alkanes) is 3. The van der Waals surface area contributed by atoms with Crippen LogP contribution in [0.1, 0.15) is 31.2 Å². The van der Waals surface area contributed by atoms with Crippen molar-refractivity contribution in [2.24, 2.45) is 0 Å². The van der Waals surface area contributed by atoms with Crippen LogP contribution in [0.15, 0.2) is 36.5 Å². The molecular formula is C25H27ClNO4+. The van der Waals surface area contributed by atoms with E-state index in [1.54, 1.807) is 7.11 Å². The van der Waals surface area contributed by atoms with E-state index in [9.17, 15) is 0 Å². The smallest absolute Gasteiger partial charge is 0.231 e. The highest BCUT2D eigenvalue weighted by atomic mass is 35.5. The van der Waals surface area contributed by atoms with E-state index < -0.39 is 0 Å². The van der Waals surface area contributed by atoms with Gasteiger partial charge in [0.1, 0.15) is 0 Å². The third kappa shape index (κ3) is 3.87. The topological polar surface area (TPSA) is 40.8 Å². The maximum Gasteiger partial charge on any atom is 0.231 e. The molecule has 0 saturated carbocycles. The van der Waals surface area contributed by atoms with E-state index in [2.05, 4.69) is 35.0 Å². The Kier molecular flexibility index (Phi) is 5.77. The second-order valence-electron chi connectivity index (χ2n) is 8.02. The van der Waals surface area contributed by atoms with Crippen LogP contribution in [0.4, 0.5) is 0 Å². The Hall–Kier alpha value is -2.66. The number of hydrogen-bond acceptors (Lipinski definition) is 4. The summed E-state index contributed by atoms with van der Waals surface area (Å²) in [5.74, 6) is 3.99. The number of ether oxygens (including phenoxy) is 4. The Balaban J connectivity index is 1.49. The zero-order valence-corrected chi connectivity index (χ0v) is 18.5. The molecule has 2 aliphatic rings. The van der Waals surface area contributed by atoms with Crippen LogP contribution in [0.5, 0.6) is 23.0 Å². The molecule has 5 rings (SSSR count). The van der Waals surface area contributed by atoms with Gasteiger partial charge >= 0.3 is 0 Å². The zero-order chi connectivity index (χ0) is 21.2. The van der Waals surface area contributed by atoms with E-state index in [1.165, 1.54) is 16.8 Å². The van der Waals surface area contributed by atoms with Gasteiger partial charge in [0.25, 0.3) is 0 Å². The first-order valence-electron chi connectivity index (χ1n) is 10.9. The van der Waals surface area contributed by atoms with Crippen molar-refractivity contribution in [1.29, 1.82) is 0 Å². The van der Waals surface area contributed by atoms with Gasteiger partial charge < -0.3 is 18.9 Å². The van der Waals surface area contributed by atoms with E-state index in [-0.39, 0.29) is 0 Å². The molecule has 162 valence electrons. The van der Waals surface area contributed by atoms with Gasteiger partial charge in [-0.2, -0.15) is 4.57 Å². The summed E-state index contributed by atoms with van der Waals surface area (Å²) in [7, 11) is 1.69. The molecule has 0 radical (unpaired) electrons. The van der Waals surface area contributed by atoms with Crippen molar-refractivity contribution in [3.63, 3.8) is 0 Å². The largest absolute Gasteiger partial charge is 0.493 e. The molecule has 6 heteroatoms. The monoisotopic (exact) mass is 440 g/mol. The van der Waals surface area contributed by atoms with Gasteiger partial charge in [-0.3, -0.25) is 0 Å². The number of methoxy groups -OCH3 is 1. The molecule has 0 saturated heterocycles. The summed E-state index contributed by atoms with van der Waals surface area (Å²) in [4.78, 5) is 0. The number of alkyl halides is 1. The molecule has 0 N–H and O–H groups in total. The summed E-state index contributed by atoms with van der Waals surface area (Å²) in [5, 5.41) is 2.21. The lowest BCUT2D eigenvalue weighted by Gasteiger charge is -2.18. The lowest BCUT2D eigenvalue weighted by Crippen LogP contribution is -2.40. The van der Waals surface area contributed by atoms with Crippen molar-refractivity contribution in [2.75, 3.05) is 26.4 Å². The molecule has 31 heavy (non-hydrogen) atoms. The Morgan fingerprint density at radius 3 is 2.71 bits per heavy atom. The van der Waals surface area contributed by atoms with Crippen molar-refractivity contribution in [3.05, 3.63) is 42.1 Å². The first-order valence-corrected chi connectivity index (χ1v) is 11.5. The van der Waals surface area contributed by atoms with Crippen LogP contribution in [-0.4, -0.2) is 26.4 Å². The van der Waals surface area contributed by atoms with Crippen molar-refractivity contribution < 1.29 is 23.5 Å². The lowest BCUT2D eigenvalue weighted by molar-refractivity contribution is -0.686. The number of benzene rings is 2. The Bertz CT molecular complexity index is 1110. The van der Waals surface area contributed by atoms with Crippen LogP contribution >= 0.6 is 11.6 Å². The molecule has 0 bridgehead atoms. The number of fused-ring (bicyclic) bond motifs is 5. The van der Waals surface area contributed by atoms with Gasteiger partial charge in [-0.15, -0.1) is 11.6 Å². The van der Waals surface area contributed by atoms with Gasteiger partial charge in [0, 0.05) is 18.4 Å². The van der Waals surface area contributed by atoms with Crippen LogP contribution in [-0.2, 0) is 13.0 Å². The highest BCUT2D eigenvalue weighted by Crippen LogP contribution is 2.41. The molecule has 2 aliphatic heterocycles. The standard InChI is InChI=1S/C25H27ClNO4/c1-28-22-7-6-17-12-21-19-14-24-23(30-16-31-24)13-18(19)8-10-27(21)15-20(17)25(22)29-11-5-3-2-4-9-26/h6-7,12-15H,2-5,8-11,16H2,1H3/q+1. The molecule has 5 nitrogen and oxygen atoms in total. The molecule has 0 unspecified atom stereocenters. The van der Waals surface area contributed by atoms with Crippen molar-refractivity contribution in [3.8, 4) is 34.3 Å². The average molecular weight is 441 g/mol. The molecule has 0 aliphatic carbocycles. The number of pyridine rings is 1. The number of nitrogens with zero attached hydrogens (tertiary/aromatic N) is 1.